The predicted molar refractivity (Wildman–Crippen MR) is 138 cm³/mol. The van der Waals surface area contributed by atoms with Crippen LogP contribution in [0.15, 0.2) is 65.9 Å². The molecule has 184 valence electrons. The van der Waals surface area contributed by atoms with Crippen molar-refractivity contribution in [1.82, 2.24) is 30.1 Å². The molecule has 5 aromatic heterocycles. The van der Waals surface area contributed by atoms with Gasteiger partial charge in [0, 0.05) is 40.9 Å². The van der Waals surface area contributed by atoms with Gasteiger partial charge in [0.25, 0.3) is 0 Å². The van der Waals surface area contributed by atoms with E-state index in [4.69, 9.17) is 4.42 Å². The Balaban J connectivity index is 1.41. The van der Waals surface area contributed by atoms with E-state index in [1.807, 2.05) is 32.0 Å². The zero-order valence-electron chi connectivity index (χ0n) is 20.0. The summed E-state index contributed by atoms with van der Waals surface area (Å²) in [5, 5.41) is 10.5. The molecule has 0 atom stereocenters. The third-order valence-electron chi connectivity index (χ3n) is 6.02. The van der Waals surface area contributed by atoms with Gasteiger partial charge in [-0.25, -0.2) is 14.4 Å². The molecule has 0 spiro atoms. The number of hydrogen-bond acceptors (Lipinski definition) is 6. The number of benzene rings is 1. The third kappa shape index (κ3) is 4.22. The lowest BCUT2D eigenvalue weighted by molar-refractivity contribution is -0.116. The van der Waals surface area contributed by atoms with E-state index >= 15 is 4.39 Å². The highest BCUT2D eigenvalue weighted by molar-refractivity contribution is 5.98. The Kier molecular flexibility index (Phi) is 5.48. The van der Waals surface area contributed by atoms with E-state index in [0.29, 0.717) is 45.8 Å². The first kappa shape index (κ1) is 22.6. The lowest BCUT2D eigenvalue weighted by Crippen LogP contribution is -2.13. The Hall–Kier alpha value is -4.86. The monoisotopic (exact) mass is 495 g/mol. The summed E-state index contributed by atoms with van der Waals surface area (Å²) in [6.07, 6.45) is 8.52. The van der Waals surface area contributed by atoms with Crippen molar-refractivity contribution in [1.29, 1.82) is 0 Å². The first-order valence-corrected chi connectivity index (χ1v) is 11.8. The molecule has 6 rings (SSSR count). The Morgan fingerprint density at radius 2 is 2.03 bits per heavy atom. The quantitative estimate of drug-likeness (QED) is 0.262. The van der Waals surface area contributed by atoms with Gasteiger partial charge in [0.05, 0.1) is 29.9 Å². The Bertz CT molecular complexity index is 1750. The van der Waals surface area contributed by atoms with Crippen LogP contribution in [0.1, 0.15) is 20.3 Å². The van der Waals surface area contributed by atoms with Gasteiger partial charge in [-0.3, -0.25) is 14.9 Å². The molecule has 5 heterocycles. The number of H-pyrrole nitrogens is 2. The number of aromatic amines is 2. The van der Waals surface area contributed by atoms with Crippen molar-refractivity contribution >= 4 is 33.7 Å². The Labute approximate surface area is 210 Å². The maximum absolute atomic E-state index is 15.1. The van der Waals surface area contributed by atoms with Crippen molar-refractivity contribution in [3.05, 3.63) is 67.3 Å². The summed E-state index contributed by atoms with van der Waals surface area (Å²) in [5.41, 5.74) is 5.53. The van der Waals surface area contributed by atoms with Crippen molar-refractivity contribution in [2.75, 3.05) is 5.32 Å². The van der Waals surface area contributed by atoms with Gasteiger partial charge in [0.15, 0.2) is 17.3 Å². The standard InChI is InChI=1S/C27H22FN7O2/c1-14(2)7-22(36)31-18-8-17(11-29-12-18)16-9-20-23(21(28)10-16)34-35-25(20)27-32-24-19(15-4-6-37-13-15)3-5-30-26(24)33-27/h3-6,8-14H,7H2,1-2H3,(H,31,36)(H,34,35)(H,30,32,33). The number of pyridine rings is 2. The highest BCUT2D eigenvalue weighted by Gasteiger charge is 2.19. The van der Waals surface area contributed by atoms with Crippen LogP contribution in [-0.4, -0.2) is 36.0 Å². The van der Waals surface area contributed by atoms with Crippen LogP contribution in [0.4, 0.5) is 10.1 Å². The van der Waals surface area contributed by atoms with Crippen molar-refractivity contribution in [3.8, 4) is 33.8 Å². The van der Waals surface area contributed by atoms with Crippen LogP contribution in [-0.2, 0) is 4.79 Å². The fraction of sp³-hybridized carbons (Fsp3) is 0.148. The number of hydrogen-bond donors (Lipinski definition) is 3. The van der Waals surface area contributed by atoms with Gasteiger partial charge < -0.3 is 14.7 Å². The summed E-state index contributed by atoms with van der Waals surface area (Å²) in [6, 6.07) is 8.73. The molecular weight excluding hydrogens is 473 g/mol. The van der Waals surface area contributed by atoms with Gasteiger partial charge in [-0.15, -0.1) is 0 Å². The number of carbonyl (C=O) groups excluding carboxylic acids is 1. The van der Waals surface area contributed by atoms with Crippen LogP contribution >= 0.6 is 0 Å². The number of fused-ring (bicyclic) bond motifs is 2. The van der Waals surface area contributed by atoms with E-state index in [2.05, 4.69) is 35.5 Å². The summed E-state index contributed by atoms with van der Waals surface area (Å²) < 4.78 is 20.4. The number of carbonyl (C=O) groups is 1. The molecule has 37 heavy (non-hydrogen) atoms. The molecule has 0 saturated carbocycles. The maximum atomic E-state index is 15.1. The molecule has 0 fully saturated rings. The van der Waals surface area contributed by atoms with E-state index in [-0.39, 0.29) is 17.3 Å². The van der Waals surface area contributed by atoms with E-state index in [0.717, 1.165) is 16.6 Å². The molecule has 6 aromatic rings. The number of imidazole rings is 1. The largest absolute Gasteiger partial charge is 0.472 e. The highest BCUT2D eigenvalue weighted by Crippen LogP contribution is 2.34. The molecule has 0 aliphatic rings. The molecule has 0 bridgehead atoms. The molecule has 3 N–H and O–H groups in total. The molecule has 9 nitrogen and oxygen atoms in total. The molecule has 10 heteroatoms. The molecule has 0 radical (unpaired) electrons. The summed E-state index contributed by atoms with van der Waals surface area (Å²) in [7, 11) is 0. The zero-order chi connectivity index (χ0) is 25.5. The van der Waals surface area contributed by atoms with Gasteiger partial charge in [-0.05, 0) is 41.8 Å². The van der Waals surface area contributed by atoms with Gasteiger partial charge >= 0.3 is 0 Å². The van der Waals surface area contributed by atoms with Crippen molar-refractivity contribution in [2.24, 2.45) is 5.92 Å². The second-order valence-corrected chi connectivity index (χ2v) is 9.22. The van der Waals surface area contributed by atoms with E-state index < -0.39 is 5.82 Å². The number of nitrogens with one attached hydrogen (secondary N) is 3. The Morgan fingerprint density at radius 1 is 1.14 bits per heavy atom. The first-order chi connectivity index (χ1) is 18.0. The zero-order valence-corrected chi connectivity index (χ0v) is 20.0. The van der Waals surface area contributed by atoms with Crippen molar-refractivity contribution < 1.29 is 13.6 Å². The molecule has 0 aliphatic heterocycles. The van der Waals surface area contributed by atoms with Crippen molar-refractivity contribution in [2.45, 2.75) is 20.3 Å². The van der Waals surface area contributed by atoms with E-state index in [9.17, 15) is 4.79 Å². The molecule has 0 unspecified atom stereocenters. The van der Waals surface area contributed by atoms with Crippen LogP contribution < -0.4 is 5.32 Å². The second-order valence-electron chi connectivity index (χ2n) is 9.22. The maximum Gasteiger partial charge on any atom is 0.224 e. The lowest BCUT2D eigenvalue weighted by atomic mass is 10.0. The minimum atomic E-state index is -0.488. The smallest absolute Gasteiger partial charge is 0.224 e. The van der Waals surface area contributed by atoms with Gasteiger partial charge in [-0.2, -0.15) is 5.10 Å². The number of rotatable bonds is 6. The predicted octanol–water partition coefficient (Wildman–Crippen LogP) is 5.95. The fourth-order valence-electron chi connectivity index (χ4n) is 4.36. The van der Waals surface area contributed by atoms with Gasteiger partial charge in [0.1, 0.15) is 11.2 Å². The summed E-state index contributed by atoms with van der Waals surface area (Å²) in [5.74, 6) is 0.125. The number of aromatic nitrogens is 6. The minimum absolute atomic E-state index is 0.0963. The average molecular weight is 496 g/mol. The average Bonchev–Trinajstić information content (AvgIpc) is 3.62. The van der Waals surface area contributed by atoms with Crippen molar-refractivity contribution in [3.63, 3.8) is 0 Å². The Morgan fingerprint density at radius 3 is 2.84 bits per heavy atom. The van der Waals surface area contributed by atoms with Crippen LogP contribution in [0.3, 0.4) is 0 Å². The number of nitrogens with zero attached hydrogens (tertiary/aromatic N) is 4. The van der Waals surface area contributed by atoms with Crippen LogP contribution in [0.25, 0.3) is 55.8 Å². The summed E-state index contributed by atoms with van der Waals surface area (Å²) >= 11 is 0. The normalized spacial score (nSPS) is 11.6. The molecule has 0 saturated heterocycles. The molecule has 0 aliphatic carbocycles. The van der Waals surface area contributed by atoms with E-state index in [1.54, 1.807) is 37.2 Å². The molecule has 1 amide bonds. The molecule has 1 aromatic carbocycles. The number of furan rings is 1. The van der Waals surface area contributed by atoms with Crippen LogP contribution in [0, 0.1) is 11.7 Å². The topological polar surface area (TPSA) is 125 Å². The number of halogens is 1. The minimum Gasteiger partial charge on any atom is -0.472 e. The van der Waals surface area contributed by atoms with Crippen LogP contribution in [0.5, 0.6) is 0 Å². The summed E-state index contributed by atoms with van der Waals surface area (Å²) in [4.78, 5) is 28.7. The van der Waals surface area contributed by atoms with Crippen LogP contribution in [0.2, 0.25) is 0 Å². The SMILES string of the molecule is CC(C)CC(=O)Nc1cncc(-c2cc(F)c3n[nH]c(-c4nc5nccc(-c6ccoc6)c5[nH]4)c3c2)c1. The van der Waals surface area contributed by atoms with Gasteiger partial charge in [-0.1, -0.05) is 13.8 Å². The number of amides is 1. The fourth-order valence-corrected chi connectivity index (χ4v) is 4.36. The third-order valence-corrected chi connectivity index (χ3v) is 6.02. The first-order valence-electron chi connectivity index (χ1n) is 11.8. The number of anilines is 1. The van der Waals surface area contributed by atoms with E-state index in [1.165, 1.54) is 6.07 Å². The van der Waals surface area contributed by atoms with Gasteiger partial charge in [0.2, 0.25) is 5.91 Å². The molecular formula is C27H22FN7O2. The second kappa shape index (κ2) is 8.98. The highest BCUT2D eigenvalue weighted by atomic mass is 19.1. The lowest BCUT2D eigenvalue weighted by Gasteiger charge is -2.09. The summed E-state index contributed by atoms with van der Waals surface area (Å²) in [6.45, 7) is 3.95.